The fourth-order valence-electron chi connectivity index (χ4n) is 1.64. The van der Waals surface area contributed by atoms with E-state index in [1.807, 2.05) is 0 Å². The fraction of sp³-hybridized carbons (Fsp3) is 0.182. The van der Waals surface area contributed by atoms with E-state index in [4.69, 9.17) is 23.2 Å². The molecule has 100 valence electrons. The van der Waals surface area contributed by atoms with Crippen molar-refractivity contribution in [3.8, 4) is 0 Å². The molecule has 0 spiro atoms. The Labute approximate surface area is 118 Å². The number of fused-ring (bicyclic) bond motifs is 1. The predicted molar refractivity (Wildman–Crippen MR) is 73.7 cm³/mol. The van der Waals surface area contributed by atoms with Crippen molar-refractivity contribution < 1.29 is 9.90 Å². The van der Waals surface area contributed by atoms with Crippen LogP contribution in [0.4, 0.5) is 10.6 Å². The first-order valence-electron chi connectivity index (χ1n) is 5.43. The number of hydrogen-bond acceptors (Lipinski definition) is 4. The molecule has 1 amide bonds. The van der Waals surface area contributed by atoms with Gasteiger partial charge < -0.3 is 5.11 Å². The molecule has 0 saturated heterocycles. The molecule has 0 fully saturated rings. The van der Waals surface area contributed by atoms with E-state index in [-0.39, 0.29) is 11.1 Å². The number of amides is 1. The Morgan fingerprint density at radius 1 is 1.42 bits per heavy atom. The third kappa shape index (κ3) is 2.70. The maximum Gasteiger partial charge on any atom is 0.427 e. The molecule has 6 nitrogen and oxygen atoms in total. The number of aromatic nitrogens is 2. The van der Waals surface area contributed by atoms with Gasteiger partial charge in [-0.2, -0.15) is 9.99 Å². The van der Waals surface area contributed by atoms with Gasteiger partial charge in [0.25, 0.3) is 0 Å². The Bertz CT molecular complexity index is 635. The number of anilines is 1. The van der Waals surface area contributed by atoms with Gasteiger partial charge in [-0.15, -0.1) is 0 Å². The van der Waals surface area contributed by atoms with Crippen molar-refractivity contribution in [2.24, 2.45) is 0 Å². The van der Waals surface area contributed by atoms with Gasteiger partial charge in [-0.1, -0.05) is 24.6 Å². The molecule has 2 rings (SSSR count). The number of halogens is 2. The molecule has 0 aliphatic rings. The largest absolute Gasteiger partial charge is 0.464 e. The van der Waals surface area contributed by atoms with Crippen LogP contribution < -0.4 is 10.4 Å². The summed E-state index contributed by atoms with van der Waals surface area (Å²) in [6.07, 6.45) is -1.20. The van der Waals surface area contributed by atoms with E-state index in [1.54, 1.807) is 25.1 Å². The molecule has 0 unspecified atom stereocenters. The van der Waals surface area contributed by atoms with Crippen molar-refractivity contribution in [1.29, 1.82) is 0 Å². The van der Waals surface area contributed by atoms with E-state index in [0.29, 0.717) is 22.5 Å². The molecule has 0 saturated carbocycles. The van der Waals surface area contributed by atoms with E-state index in [0.717, 1.165) is 5.01 Å². The number of carbonyl (C=O) groups is 1. The smallest absolute Gasteiger partial charge is 0.427 e. The van der Waals surface area contributed by atoms with Gasteiger partial charge >= 0.3 is 6.09 Å². The van der Waals surface area contributed by atoms with E-state index in [2.05, 4.69) is 15.4 Å². The highest BCUT2D eigenvalue weighted by Crippen LogP contribution is 2.29. The number of nitrogens with zero attached hydrogens (tertiary/aromatic N) is 3. The molecule has 0 atom stereocenters. The Balaban J connectivity index is 2.71. The zero-order valence-electron chi connectivity index (χ0n) is 9.89. The SMILES string of the molecule is CCNN(C(=O)O)c1nc(Cl)nc2c(Cl)cccc12. The van der Waals surface area contributed by atoms with Gasteiger partial charge in [0.15, 0.2) is 5.82 Å². The summed E-state index contributed by atoms with van der Waals surface area (Å²) in [6, 6.07) is 5.02. The lowest BCUT2D eigenvalue weighted by atomic mass is 10.2. The van der Waals surface area contributed by atoms with Gasteiger partial charge in [-0.3, -0.25) is 0 Å². The summed E-state index contributed by atoms with van der Waals surface area (Å²) in [5.41, 5.74) is 3.08. The van der Waals surface area contributed by atoms with Crippen LogP contribution in [0.25, 0.3) is 10.9 Å². The second kappa shape index (κ2) is 5.56. The Kier molecular flexibility index (Phi) is 4.04. The number of nitrogens with one attached hydrogen (secondary N) is 1. The van der Waals surface area contributed by atoms with Gasteiger partial charge in [0.05, 0.1) is 10.5 Å². The first-order chi connectivity index (χ1) is 9.04. The van der Waals surface area contributed by atoms with Crippen LogP contribution in [-0.4, -0.2) is 27.7 Å². The predicted octanol–water partition coefficient (Wildman–Crippen LogP) is 2.95. The maximum atomic E-state index is 11.3. The lowest BCUT2D eigenvalue weighted by molar-refractivity contribution is 0.198. The van der Waals surface area contributed by atoms with Crippen molar-refractivity contribution in [3.05, 3.63) is 28.5 Å². The van der Waals surface area contributed by atoms with Gasteiger partial charge in [0.2, 0.25) is 5.28 Å². The Morgan fingerprint density at radius 3 is 2.79 bits per heavy atom. The van der Waals surface area contributed by atoms with Crippen LogP contribution in [0.5, 0.6) is 0 Å². The topological polar surface area (TPSA) is 78.4 Å². The number of benzene rings is 1. The van der Waals surface area contributed by atoms with E-state index in [1.165, 1.54) is 0 Å². The summed E-state index contributed by atoms with van der Waals surface area (Å²) in [6.45, 7) is 2.18. The van der Waals surface area contributed by atoms with Crippen LogP contribution in [0.15, 0.2) is 18.2 Å². The molecule has 0 radical (unpaired) electrons. The van der Waals surface area contributed by atoms with E-state index >= 15 is 0 Å². The first-order valence-corrected chi connectivity index (χ1v) is 6.18. The molecule has 0 aliphatic carbocycles. The zero-order valence-corrected chi connectivity index (χ0v) is 11.4. The molecule has 19 heavy (non-hydrogen) atoms. The summed E-state index contributed by atoms with van der Waals surface area (Å²) in [7, 11) is 0. The fourth-order valence-corrected chi connectivity index (χ4v) is 2.02. The summed E-state index contributed by atoms with van der Waals surface area (Å²) in [5, 5.41) is 10.9. The lowest BCUT2D eigenvalue weighted by Gasteiger charge is -2.19. The van der Waals surface area contributed by atoms with Crippen LogP contribution in [-0.2, 0) is 0 Å². The standard InChI is InChI=1S/C11H10Cl2N4O2/c1-2-14-17(11(18)19)9-6-4-3-5-7(12)8(6)15-10(13)16-9/h3-5,14H,2H2,1H3,(H,18,19). The molecular formula is C11H10Cl2N4O2. The first kappa shape index (κ1) is 13.8. The molecule has 1 aromatic heterocycles. The molecule has 2 N–H and O–H groups in total. The Morgan fingerprint density at radius 2 is 2.16 bits per heavy atom. The number of hydrogen-bond donors (Lipinski definition) is 2. The van der Waals surface area contributed by atoms with Gasteiger partial charge in [-0.05, 0) is 23.7 Å². The number of carboxylic acid groups (broad SMARTS) is 1. The monoisotopic (exact) mass is 300 g/mol. The van der Waals surface area contributed by atoms with Crippen molar-refractivity contribution in [1.82, 2.24) is 15.4 Å². The molecular weight excluding hydrogens is 291 g/mol. The zero-order chi connectivity index (χ0) is 14.0. The van der Waals surface area contributed by atoms with Crippen LogP contribution >= 0.6 is 23.2 Å². The molecule has 0 bridgehead atoms. The van der Waals surface area contributed by atoms with Crippen molar-refractivity contribution >= 4 is 46.0 Å². The number of hydrazine groups is 1. The van der Waals surface area contributed by atoms with Crippen LogP contribution in [0.2, 0.25) is 10.3 Å². The number of para-hydroxylation sites is 1. The molecule has 1 heterocycles. The van der Waals surface area contributed by atoms with Gasteiger partial charge in [0.1, 0.15) is 0 Å². The molecule has 0 aliphatic heterocycles. The highest BCUT2D eigenvalue weighted by Gasteiger charge is 2.20. The highest BCUT2D eigenvalue weighted by atomic mass is 35.5. The average molecular weight is 301 g/mol. The third-order valence-electron chi connectivity index (χ3n) is 2.35. The Hall–Kier alpha value is -1.63. The van der Waals surface area contributed by atoms with Crippen LogP contribution in [0.3, 0.4) is 0 Å². The van der Waals surface area contributed by atoms with Crippen LogP contribution in [0, 0.1) is 0 Å². The minimum Gasteiger partial charge on any atom is -0.464 e. The van der Waals surface area contributed by atoms with Gasteiger partial charge in [-0.25, -0.2) is 15.2 Å². The second-order valence-corrected chi connectivity index (χ2v) is 4.33. The third-order valence-corrected chi connectivity index (χ3v) is 2.82. The average Bonchev–Trinajstić information content (AvgIpc) is 2.36. The number of rotatable bonds is 3. The van der Waals surface area contributed by atoms with E-state index < -0.39 is 6.09 Å². The van der Waals surface area contributed by atoms with Crippen molar-refractivity contribution in [3.63, 3.8) is 0 Å². The van der Waals surface area contributed by atoms with Crippen molar-refractivity contribution in [2.75, 3.05) is 11.6 Å². The van der Waals surface area contributed by atoms with Crippen LogP contribution in [0.1, 0.15) is 6.92 Å². The summed E-state index contributed by atoms with van der Waals surface area (Å²) in [5.74, 6) is 0.145. The molecule has 1 aromatic carbocycles. The summed E-state index contributed by atoms with van der Waals surface area (Å²) < 4.78 is 0. The maximum absolute atomic E-state index is 11.3. The molecule has 8 heteroatoms. The quantitative estimate of drug-likeness (QED) is 0.673. The minimum absolute atomic E-state index is 0.0697. The summed E-state index contributed by atoms with van der Waals surface area (Å²) in [4.78, 5) is 19.2. The lowest BCUT2D eigenvalue weighted by Crippen LogP contribution is -2.42. The van der Waals surface area contributed by atoms with E-state index in [9.17, 15) is 9.90 Å². The van der Waals surface area contributed by atoms with Gasteiger partial charge in [0, 0.05) is 11.9 Å². The normalized spacial score (nSPS) is 10.7. The highest BCUT2D eigenvalue weighted by molar-refractivity contribution is 6.36. The second-order valence-electron chi connectivity index (χ2n) is 3.58. The minimum atomic E-state index is -1.20. The molecule has 2 aromatic rings. The summed E-state index contributed by atoms with van der Waals surface area (Å²) >= 11 is 11.8. The van der Waals surface area contributed by atoms with Crippen molar-refractivity contribution in [2.45, 2.75) is 6.92 Å².